The van der Waals surface area contributed by atoms with E-state index in [1.165, 1.54) is 56.1 Å². The van der Waals surface area contributed by atoms with Crippen LogP contribution in [0.4, 0.5) is 0 Å². The average Bonchev–Trinajstić information content (AvgIpc) is 2.54. The van der Waals surface area contributed by atoms with Gasteiger partial charge < -0.3 is 5.11 Å². The number of nitrogens with zero attached hydrogens (tertiary/aromatic N) is 1. The molecule has 1 aromatic carbocycles. The predicted molar refractivity (Wildman–Crippen MR) is 90.2 cm³/mol. The summed E-state index contributed by atoms with van der Waals surface area (Å²) in [5, 5.41) is 10.7. The van der Waals surface area contributed by atoms with E-state index in [1.54, 1.807) is 0 Å². The van der Waals surface area contributed by atoms with Crippen LogP contribution in [0.1, 0.15) is 61.8 Å². The van der Waals surface area contributed by atoms with Crippen molar-refractivity contribution in [1.29, 1.82) is 0 Å². The third-order valence-electron chi connectivity index (χ3n) is 5.14. The first-order chi connectivity index (χ1) is 9.75. The average molecular weight is 310 g/mol. The van der Waals surface area contributed by atoms with Crippen LogP contribution < -0.4 is 0 Å². The molecule has 0 bridgehead atoms. The lowest BCUT2D eigenvalue weighted by atomic mass is 9.88. The molecule has 2 nitrogen and oxygen atoms in total. The van der Waals surface area contributed by atoms with Crippen LogP contribution in [0.5, 0.6) is 0 Å². The van der Waals surface area contributed by atoms with Crippen LogP contribution in [0.3, 0.4) is 0 Å². The maximum Gasteiger partial charge on any atom is 0.0942 e. The first-order valence-corrected chi connectivity index (χ1v) is 8.29. The molecule has 0 aromatic heterocycles. The van der Waals surface area contributed by atoms with E-state index in [0.717, 1.165) is 18.7 Å². The topological polar surface area (TPSA) is 23.5 Å². The summed E-state index contributed by atoms with van der Waals surface area (Å²) in [6.07, 6.45) is 8.58. The molecule has 1 aromatic rings. The largest absolute Gasteiger partial charge is 0.387 e. The summed E-state index contributed by atoms with van der Waals surface area (Å²) in [6.45, 7) is 4.46. The summed E-state index contributed by atoms with van der Waals surface area (Å²) >= 11 is 0. The number of rotatable bonds is 3. The zero-order valence-electron chi connectivity index (χ0n) is 13.1. The van der Waals surface area contributed by atoms with Crippen molar-refractivity contribution in [3.8, 4) is 0 Å². The molecular formula is C18H28ClNO. The van der Waals surface area contributed by atoms with Gasteiger partial charge in [-0.2, -0.15) is 0 Å². The van der Waals surface area contributed by atoms with Crippen LogP contribution in [0.15, 0.2) is 18.2 Å². The maximum atomic E-state index is 10.7. The number of likely N-dealkylation sites (tertiary alicyclic amines) is 1. The van der Waals surface area contributed by atoms with Crippen molar-refractivity contribution >= 4 is 12.4 Å². The molecule has 3 rings (SSSR count). The molecule has 0 spiro atoms. The van der Waals surface area contributed by atoms with Gasteiger partial charge in [0.2, 0.25) is 0 Å². The van der Waals surface area contributed by atoms with Crippen molar-refractivity contribution in [2.75, 3.05) is 13.1 Å². The lowest BCUT2D eigenvalue weighted by molar-refractivity contribution is 0.0470. The summed E-state index contributed by atoms with van der Waals surface area (Å²) in [6, 6.07) is 6.89. The number of aryl methyl sites for hydroxylation is 2. The molecule has 0 radical (unpaired) electrons. The standard InChI is InChI=1S/C18H27NO.ClH/c1-14(19-11-5-2-6-12-19)18(20)17-10-9-15-7-3-4-8-16(15)13-17;/h9-10,13-14,18,20H,2-8,11-12H2,1H3;1H. The number of aliphatic hydroxyl groups excluding tert-OH is 1. The molecule has 0 saturated carbocycles. The van der Waals surface area contributed by atoms with E-state index in [9.17, 15) is 5.11 Å². The Morgan fingerprint density at radius 2 is 1.62 bits per heavy atom. The van der Waals surface area contributed by atoms with E-state index in [-0.39, 0.29) is 24.6 Å². The first kappa shape index (κ1) is 16.8. The molecule has 3 heteroatoms. The SMILES string of the molecule is CC(C(O)c1ccc2c(c1)CCCC2)N1CCCCC1.Cl. The van der Waals surface area contributed by atoms with Crippen LogP contribution in [-0.4, -0.2) is 29.1 Å². The zero-order chi connectivity index (χ0) is 13.9. The maximum absolute atomic E-state index is 10.7. The molecule has 21 heavy (non-hydrogen) atoms. The van der Waals surface area contributed by atoms with E-state index in [0.29, 0.717) is 0 Å². The number of halogens is 1. The molecule has 1 heterocycles. The Balaban J connectivity index is 0.00000161. The van der Waals surface area contributed by atoms with Crippen LogP contribution in [-0.2, 0) is 12.8 Å². The lowest BCUT2D eigenvalue weighted by Gasteiger charge is -2.35. The minimum atomic E-state index is -0.347. The fraction of sp³-hybridized carbons (Fsp3) is 0.667. The van der Waals surface area contributed by atoms with Crippen molar-refractivity contribution in [1.82, 2.24) is 4.90 Å². The van der Waals surface area contributed by atoms with E-state index in [4.69, 9.17) is 0 Å². The summed E-state index contributed by atoms with van der Waals surface area (Å²) in [7, 11) is 0. The highest BCUT2D eigenvalue weighted by Crippen LogP contribution is 2.28. The third-order valence-corrected chi connectivity index (χ3v) is 5.14. The number of aliphatic hydroxyl groups is 1. The number of hydrogen-bond acceptors (Lipinski definition) is 2. The van der Waals surface area contributed by atoms with Gasteiger partial charge in [-0.25, -0.2) is 0 Å². The summed E-state index contributed by atoms with van der Waals surface area (Å²) < 4.78 is 0. The monoisotopic (exact) mass is 309 g/mol. The van der Waals surface area contributed by atoms with Crippen LogP contribution in [0.25, 0.3) is 0 Å². The molecule has 2 aliphatic rings. The Morgan fingerprint density at radius 3 is 2.33 bits per heavy atom. The van der Waals surface area contributed by atoms with Crippen molar-refractivity contribution in [2.45, 2.75) is 64.0 Å². The number of hydrogen-bond donors (Lipinski definition) is 1. The van der Waals surface area contributed by atoms with Gasteiger partial charge in [0.15, 0.2) is 0 Å². The third kappa shape index (κ3) is 3.80. The summed E-state index contributed by atoms with van der Waals surface area (Å²) in [5.41, 5.74) is 4.08. The number of benzene rings is 1. The quantitative estimate of drug-likeness (QED) is 0.915. The van der Waals surface area contributed by atoms with Crippen molar-refractivity contribution < 1.29 is 5.11 Å². The molecule has 1 aliphatic carbocycles. The second-order valence-corrected chi connectivity index (χ2v) is 6.52. The lowest BCUT2D eigenvalue weighted by Crippen LogP contribution is -2.40. The van der Waals surface area contributed by atoms with Gasteiger partial charge in [0, 0.05) is 6.04 Å². The van der Waals surface area contributed by atoms with Gasteiger partial charge in [0.05, 0.1) is 6.10 Å². The van der Waals surface area contributed by atoms with Gasteiger partial charge in [-0.05, 0) is 75.2 Å². The van der Waals surface area contributed by atoms with E-state index >= 15 is 0 Å². The minimum absolute atomic E-state index is 0. The Hall–Kier alpha value is -0.570. The molecule has 2 unspecified atom stereocenters. The molecule has 1 saturated heterocycles. The fourth-order valence-corrected chi connectivity index (χ4v) is 3.74. The summed E-state index contributed by atoms with van der Waals surface area (Å²) in [5.74, 6) is 0. The molecular weight excluding hydrogens is 282 g/mol. The van der Waals surface area contributed by atoms with Crippen molar-refractivity contribution in [3.05, 3.63) is 34.9 Å². The van der Waals surface area contributed by atoms with Gasteiger partial charge in [-0.1, -0.05) is 24.6 Å². The Kier molecular flexibility index (Phi) is 6.09. The second kappa shape index (κ2) is 7.62. The highest BCUT2D eigenvalue weighted by atomic mass is 35.5. The highest BCUT2D eigenvalue weighted by molar-refractivity contribution is 5.85. The smallest absolute Gasteiger partial charge is 0.0942 e. The number of fused-ring (bicyclic) bond motifs is 1. The normalized spacial score (nSPS) is 22.0. The Morgan fingerprint density at radius 1 is 0.952 bits per heavy atom. The van der Waals surface area contributed by atoms with E-state index in [2.05, 4.69) is 30.0 Å². The van der Waals surface area contributed by atoms with Crippen LogP contribution >= 0.6 is 12.4 Å². The van der Waals surface area contributed by atoms with Gasteiger partial charge in [0.1, 0.15) is 0 Å². The number of piperidine rings is 1. The van der Waals surface area contributed by atoms with Gasteiger partial charge >= 0.3 is 0 Å². The summed E-state index contributed by atoms with van der Waals surface area (Å²) in [4.78, 5) is 2.45. The molecule has 1 fully saturated rings. The van der Waals surface area contributed by atoms with E-state index < -0.39 is 0 Å². The fourth-order valence-electron chi connectivity index (χ4n) is 3.74. The second-order valence-electron chi connectivity index (χ2n) is 6.52. The van der Waals surface area contributed by atoms with Crippen molar-refractivity contribution in [3.63, 3.8) is 0 Å². The Labute approximate surface area is 135 Å². The zero-order valence-corrected chi connectivity index (χ0v) is 13.9. The predicted octanol–water partition coefficient (Wildman–Crippen LogP) is 3.90. The van der Waals surface area contributed by atoms with Gasteiger partial charge in [-0.15, -0.1) is 12.4 Å². The first-order valence-electron chi connectivity index (χ1n) is 8.29. The molecule has 1 aliphatic heterocycles. The highest BCUT2D eigenvalue weighted by Gasteiger charge is 2.25. The van der Waals surface area contributed by atoms with Gasteiger partial charge in [0.25, 0.3) is 0 Å². The van der Waals surface area contributed by atoms with Crippen LogP contribution in [0, 0.1) is 0 Å². The van der Waals surface area contributed by atoms with Gasteiger partial charge in [-0.3, -0.25) is 4.90 Å². The minimum Gasteiger partial charge on any atom is -0.387 e. The molecule has 1 N–H and O–H groups in total. The van der Waals surface area contributed by atoms with E-state index in [1.807, 2.05) is 0 Å². The molecule has 0 amide bonds. The Bertz CT molecular complexity index is 457. The molecule has 118 valence electrons. The van der Waals surface area contributed by atoms with Crippen molar-refractivity contribution in [2.24, 2.45) is 0 Å². The molecule has 2 atom stereocenters. The van der Waals surface area contributed by atoms with Crippen LogP contribution in [0.2, 0.25) is 0 Å².